The van der Waals surface area contributed by atoms with Crippen LogP contribution in [-0.4, -0.2) is 6.61 Å². The van der Waals surface area contributed by atoms with Gasteiger partial charge in [0.05, 0.1) is 6.61 Å². The van der Waals surface area contributed by atoms with Gasteiger partial charge < -0.3 is 4.74 Å². The van der Waals surface area contributed by atoms with E-state index >= 15 is 0 Å². The second-order valence-electron chi connectivity index (χ2n) is 7.46. The third kappa shape index (κ3) is 6.00. The van der Waals surface area contributed by atoms with Crippen LogP contribution in [0.1, 0.15) is 90.0 Å². The van der Waals surface area contributed by atoms with Crippen molar-refractivity contribution in [3.63, 3.8) is 0 Å². The highest BCUT2D eigenvalue weighted by Gasteiger charge is 2.21. The maximum Gasteiger partial charge on any atom is 0.119 e. The minimum absolute atomic E-state index is 0.652. The number of hydrogen-bond acceptors (Lipinski definition) is 1. The molecule has 2 atom stereocenters. The predicted octanol–water partition coefficient (Wildman–Crippen LogP) is 7.28. The van der Waals surface area contributed by atoms with Crippen molar-refractivity contribution in [1.82, 2.24) is 0 Å². The highest BCUT2D eigenvalue weighted by molar-refractivity contribution is 5.31. The third-order valence-corrected chi connectivity index (χ3v) is 5.37. The summed E-state index contributed by atoms with van der Waals surface area (Å²) in [4.78, 5) is 0. The van der Waals surface area contributed by atoms with E-state index in [0.29, 0.717) is 5.92 Å². The van der Waals surface area contributed by atoms with Crippen molar-refractivity contribution < 1.29 is 4.74 Å². The highest BCUT2D eigenvalue weighted by Crippen LogP contribution is 2.36. The van der Waals surface area contributed by atoms with Crippen LogP contribution in [0.3, 0.4) is 0 Å². The molecule has 0 spiro atoms. The summed E-state index contributed by atoms with van der Waals surface area (Å²) in [5.74, 6) is 2.41. The van der Waals surface area contributed by atoms with Crippen LogP contribution in [0, 0.1) is 5.92 Å². The van der Waals surface area contributed by atoms with E-state index in [4.69, 9.17) is 4.74 Å². The quantitative estimate of drug-likeness (QED) is 0.324. The van der Waals surface area contributed by atoms with Crippen molar-refractivity contribution in [2.45, 2.75) is 84.5 Å². The number of unbranched alkanes of at least 4 members (excludes halogenated alkanes) is 1. The molecular weight excluding hydrogens is 292 g/mol. The van der Waals surface area contributed by atoms with Crippen LogP contribution in [0.4, 0.5) is 0 Å². The number of hydrogen-bond donors (Lipinski definition) is 0. The molecule has 0 saturated carbocycles. The van der Waals surface area contributed by atoms with Gasteiger partial charge in [-0.1, -0.05) is 63.8 Å². The number of allylic oxidation sites excluding steroid dienone is 2. The van der Waals surface area contributed by atoms with Gasteiger partial charge >= 0.3 is 0 Å². The molecule has 134 valence electrons. The van der Waals surface area contributed by atoms with Gasteiger partial charge in [-0.15, -0.1) is 0 Å². The Morgan fingerprint density at radius 1 is 1.04 bits per heavy atom. The molecule has 0 amide bonds. The summed E-state index contributed by atoms with van der Waals surface area (Å²) in [5.41, 5.74) is 3.18. The molecule has 0 aliphatic heterocycles. The fourth-order valence-electron chi connectivity index (χ4n) is 3.82. The van der Waals surface area contributed by atoms with Gasteiger partial charge in [-0.25, -0.2) is 0 Å². The largest absolute Gasteiger partial charge is 0.494 e. The van der Waals surface area contributed by atoms with E-state index in [1.807, 2.05) is 0 Å². The molecule has 0 bridgehead atoms. The molecule has 1 aliphatic carbocycles. The van der Waals surface area contributed by atoms with Gasteiger partial charge in [0, 0.05) is 0 Å². The summed E-state index contributed by atoms with van der Waals surface area (Å²) < 4.78 is 5.83. The van der Waals surface area contributed by atoms with E-state index in [1.165, 1.54) is 56.9 Å². The Morgan fingerprint density at radius 3 is 2.46 bits per heavy atom. The molecule has 0 aromatic heterocycles. The summed E-state index contributed by atoms with van der Waals surface area (Å²) in [6.07, 6.45) is 14.0. The fourth-order valence-corrected chi connectivity index (χ4v) is 3.82. The average molecular weight is 329 g/mol. The minimum Gasteiger partial charge on any atom is -0.494 e. The lowest BCUT2D eigenvalue weighted by Gasteiger charge is -2.27. The Morgan fingerprint density at radius 2 is 1.83 bits per heavy atom. The van der Waals surface area contributed by atoms with Crippen molar-refractivity contribution in [2.75, 3.05) is 6.61 Å². The van der Waals surface area contributed by atoms with E-state index in [1.54, 1.807) is 5.57 Å². The van der Waals surface area contributed by atoms with Gasteiger partial charge in [0.25, 0.3) is 0 Å². The Labute approximate surface area is 149 Å². The maximum atomic E-state index is 5.83. The van der Waals surface area contributed by atoms with Crippen LogP contribution < -0.4 is 4.74 Å². The zero-order valence-electron chi connectivity index (χ0n) is 16.0. The molecule has 1 aromatic rings. The molecule has 0 radical (unpaired) electrons. The maximum absolute atomic E-state index is 5.83. The summed E-state index contributed by atoms with van der Waals surface area (Å²) in [7, 11) is 0. The van der Waals surface area contributed by atoms with Crippen LogP contribution in [0.15, 0.2) is 35.9 Å². The van der Waals surface area contributed by atoms with Crippen molar-refractivity contribution in [2.24, 2.45) is 5.92 Å². The number of ether oxygens (including phenoxy) is 1. The van der Waals surface area contributed by atoms with Gasteiger partial charge in [-0.2, -0.15) is 0 Å². The van der Waals surface area contributed by atoms with Crippen LogP contribution in [0.5, 0.6) is 5.75 Å². The molecule has 1 heteroatoms. The normalized spacial score (nSPS) is 17.2. The summed E-state index contributed by atoms with van der Waals surface area (Å²) >= 11 is 0. The predicted molar refractivity (Wildman–Crippen MR) is 105 cm³/mol. The molecule has 1 nitrogen and oxygen atoms in total. The van der Waals surface area contributed by atoms with Crippen LogP contribution >= 0.6 is 0 Å². The highest BCUT2D eigenvalue weighted by atomic mass is 16.5. The van der Waals surface area contributed by atoms with Crippen LogP contribution in [0.2, 0.25) is 0 Å². The molecule has 2 unspecified atom stereocenters. The second kappa shape index (κ2) is 10.6. The van der Waals surface area contributed by atoms with Gasteiger partial charge in [0.1, 0.15) is 5.75 Å². The average Bonchev–Trinajstić information content (AvgIpc) is 2.62. The molecule has 2 rings (SSSR count). The number of benzene rings is 1. The molecule has 24 heavy (non-hydrogen) atoms. The monoisotopic (exact) mass is 328 g/mol. The number of rotatable bonds is 10. The van der Waals surface area contributed by atoms with Crippen molar-refractivity contribution in [3.8, 4) is 5.75 Å². The second-order valence-corrected chi connectivity index (χ2v) is 7.46. The van der Waals surface area contributed by atoms with Gasteiger partial charge in [0.2, 0.25) is 0 Å². The summed E-state index contributed by atoms with van der Waals surface area (Å²) in [6, 6.07) is 8.96. The Hall–Kier alpha value is -1.24. The molecular formula is C23H36O. The Balaban J connectivity index is 2.06. The lowest BCUT2D eigenvalue weighted by atomic mass is 9.78. The van der Waals surface area contributed by atoms with Crippen molar-refractivity contribution in [3.05, 3.63) is 41.5 Å². The van der Waals surface area contributed by atoms with Gasteiger partial charge in [0.15, 0.2) is 0 Å². The first kappa shape index (κ1) is 19.1. The fraction of sp³-hybridized carbons (Fsp3) is 0.652. The topological polar surface area (TPSA) is 9.23 Å². The lowest BCUT2D eigenvalue weighted by Crippen LogP contribution is -2.12. The summed E-state index contributed by atoms with van der Waals surface area (Å²) in [5, 5.41) is 0. The first-order valence-electron chi connectivity index (χ1n) is 10.1. The first-order chi connectivity index (χ1) is 11.7. The molecule has 0 N–H and O–H groups in total. The molecule has 0 heterocycles. The van der Waals surface area contributed by atoms with Crippen molar-refractivity contribution >= 4 is 0 Å². The SMILES string of the molecule is CCCCOc1ccc(C(CC2=CCCCC2)C(C)CCC)cc1. The third-order valence-electron chi connectivity index (χ3n) is 5.37. The summed E-state index contributed by atoms with van der Waals surface area (Å²) in [6.45, 7) is 7.77. The standard InChI is InChI=1S/C23H36O/c1-4-6-17-24-22-15-13-21(14-16-22)23(19(3)10-5-2)18-20-11-8-7-9-12-20/h11,13-16,19,23H,4-10,12,17-18H2,1-3H3. The van der Waals surface area contributed by atoms with Crippen molar-refractivity contribution in [1.29, 1.82) is 0 Å². The molecule has 0 fully saturated rings. The van der Waals surface area contributed by atoms with E-state index in [-0.39, 0.29) is 0 Å². The minimum atomic E-state index is 0.652. The lowest BCUT2D eigenvalue weighted by molar-refractivity contribution is 0.309. The molecule has 1 aliphatic rings. The zero-order valence-corrected chi connectivity index (χ0v) is 16.0. The molecule has 0 saturated heterocycles. The van der Waals surface area contributed by atoms with E-state index in [9.17, 15) is 0 Å². The van der Waals surface area contributed by atoms with Gasteiger partial charge in [-0.05, 0) is 68.1 Å². The molecule has 1 aromatic carbocycles. The van der Waals surface area contributed by atoms with E-state index in [2.05, 4.69) is 51.1 Å². The Kier molecular flexibility index (Phi) is 8.42. The van der Waals surface area contributed by atoms with E-state index < -0.39 is 0 Å². The zero-order chi connectivity index (χ0) is 17.2. The first-order valence-corrected chi connectivity index (χ1v) is 10.1. The van der Waals surface area contributed by atoms with Crippen LogP contribution in [-0.2, 0) is 0 Å². The van der Waals surface area contributed by atoms with Crippen LogP contribution in [0.25, 0.3) is 0 Å². The smallest absolute Gasteiger partial charge is 0.119 e. The Bertz CT molecular complexity index is 485. The van der Waals surface area contributed by atoms with E-state index in [0.717, 1.165) is 24.7 Å². The van der Waals surface area contributed by atoms with Gasteiger partial charge in [-0.3, -0.25) is 0 Å².